The minimum atomic E-state index is 0.197. The fourth-order valence-electron chi connectivity index (χ4n) is 2.87. The highest BCUT2D eigenvalue weighted by Crippen LogP contribution is 2.26. The number of nitrogens with one attached hydrogen (secondary N) is 2. The first-order valence-electron chi connectivity index (χ1n) is 7.75. The lowest BCUT2D eigenvalue weighted by Crippen LogP contribution is -2.36. The van der Waals surface area contributed by atoms with Crippen molar-refractivity contribution in [3.8, 4) is 0 Å². The van der Waals surface area contributed by atoms with Crippen LogP contribution < -0.4 is 10.6 Å². The summed E-state index contributed by atoms with van der Waals surface area (Å²) in [5, 5.41) is 8.60. The van der Waals surface area contributed by atoms with Gasteiger partial charge in [-0.25, -0.2) is 0 Å². The SMILES string of the molecule is Cc1ccsc1[C@H](CNC(=O)CC1CCNCC1)N(C)C. The Kier molecular flexibility index (Phi) is 6.21. The summed E-state index contributed by atoms with van der Waals surface area (Å²) in [4.78, 5) is 15.7. The molecule has 1 saturated heterocycles. The van der Waals surface area contributed by atoms with E-state index in [1.807, 2.05) is 0 Å². The summed E-state index contributed by atoms with van der Waals surface area (Å²) in [5.41, 5.74) is 1.31. The Labute approximate surface area is 131 Å². The Morgan fingerprint density at radius 1 is 1.48 bits per heavy atom. The highest BCUT2D eigenvalue weighted by molar-refractivity contribution is 7.10. The van der Waals surface area contributed by atoms with Gasteiger partial charge >= 0.3 is 0 Å². The molecule has 2 N–H and O–H groups in total. The zero-order valence-corrected chi connectivity index (χ0v) is 14.1. The van der Waals surface area contributed by atoms with E-state index in [1.165, 1.54) is 10.4 Å². The molecule has 0 aromatic carbocycles. The standard InChI is InChI=1S/C16H27N3OS/c1-12-6-9-21-16(12)14(19(2)3)11-18-15(20)10-13-4-7-17-8-5-13/h6,9,13-14,17H,4-5,7-8,10-11H2,1-3H3,(H,18,20)/t14-/m0/s1. The van der Waals surface area contributed by atoms with Crippen molar-refractivity contribution in [1.29, 1.82) is 0 Å². The number of thiophene rings is 1. The van der Waals surface area contributed by atoms with Gasteiger partial charge in [0.1, 0.15) is 0 Å². The second kappa shape index (κ2) is 7.92. The van der Waals surface area contributed by atoms with Crippen molar-refractivity contribution in [2.45, 2.75) is 32.2 Å². The van der Waals surface area contributed by atoms with Crippen molar-refractivity contribution >= 4 is 17.2 Å². The minimum Gasteiger partial charge on any atom is -0.354 e. The Hall–Kier alpha value is -0.910. The monoisotopic (exact) mass is 309 g/mol. The molecule has 1 aromatic heterocycles. The summed E-state index contributed by atoms with van der Waals surface area (Å²) in [6, 6.07) is 2.41. The summed E-state index contributed by atoms with van der Waals surface area (Å²) in [6.45, 7) is 4.93. The van der Waals surface area contributed by atoms with Crippen LogP contribution in [0.2, 0.25) is 0 Å². The van der Waals surface area contributed by atoms with Crippen LogP contribution in [0.1, 0.15) is 35.7 Å². The van der Waals surface area contributed by atoms with Crippen LogP contribution >= 0.6 is 11.3 Å². The molecule has 2 rings (SSSR count). The van der Waals surface area contributed by atoms with Gasteiger partial charge in [0.25, 0.3) is 0 Å². The lowest BCUT2D eigenvalue weighted by Gasteiger charge is -2.26. The molecule has 5 heteroatoms. The third-order valence-corrected chi connectivity index (χ3v) is 5.37. The number of likely N-dealkylation sites (N-methyl/N-ethyl adjacent to an activating group) is 1. The third kappa shape index (κ3) is 4.80. The van der Waals surface area contributed by atoms with Crippen LogP contribution in [-0.4, -0.2) is 44.5 Å². The Morgan fingerprint density at radius 2 is 2.19 bits per heavy atom. The van der Waals surface area contributed by atoms with E-state index in [0.717, 1.165) is 25.9 Å². The van der Waals surface area contributed by atoms with Gasteiger partial charge in [-0.2, -0.15) is 0 Å². The maximum Gasteiger partial charge on any atom is 0.220 e. The first-order valence-corrected chi connectivity index (χ1v) is 8.63. The Morgan fingerprint density at radius 3 is 2.76 bits per heavy atom. The molecular formula is C16H27N3OS. The minimum absolute atomic E-state index is 0.197. The lowest BCUT2D eigenvalue weighted by molar-refractivity contribution is -0.122. The molecule has 1 fully saturated rings. The van der Waals surface area contributed by atoms with Crippen LogP contribution in [-0.2, 0) is 4.79 Å². The molecule has 0 spiro atoms. The summed E-state index contributed by atoms with van der Waals surface area (Å²) in [5.74, 6) is 0.746. The highest BCUT2D eigenvalue weighted by atomic mass is 32.1. The molecule has 21 heavy (non-hydrogen) atoms. The van der Waals surface area contributed by atoms with Crippen LogP contribution in [0.5, 0.6) is 0 Å². The number of hydrogen-bond donors (Lipinski definition) is 2. The molecule has 1 amide bonds. The number of nitrogens with zero attached hydrogens (tertiary/aromatic N) is 1. The summed E-state index contributed by atoms with van der Waals surface area (Å²) in [6.07, 6.45) is 2.91. The predicted molar refractivity (Wildman–Crippen MR) is 88.7 cm³/mol. The van der Waals surface area contributed by atoms with Crippen LogP contribution in [0.15, 0.2) is 11.4 Å². The fraction of sp³-hybridized carbons (Fsp3) is 0.688. The van der Waals surface area contributed by atoms with Gasteiger partial charge in [0.15, 0.2) is 0 Å². The molecule has 0 unspecified atom stereocenters. The smallest absolute Gasteiger partial charge is 0.220 e. The van der Waals surface area contributed by atoms with Gasteiger partial charge in [-0.15, -0.1) is 11.3 Å². The molecule has 4 nitrogen and oxygen atoms in total. The molecular weight excluding hydrogens is 282 g/mol. The van der Waals surface area contributed by atoms with Crippen molar-refractivity contribution in [3.05, 3.63) is 21.9 Å². The molecule has 0 bridgehead atoms. The normalized spacial score (nSPS) is 17.9. The van der Waals surface area contributed by atoms with Crippen LogP contribution in [0.3, 0.4) is 0 Å². The van der Waals surface area contributed by atoms with E-state index in [9.17, 15) is 4.79 Å². The topological polar surface area (TPSA) is 44.4 Å². The summed E-state index contributed by atoms with van der Waals surface area (Å²) < 4.78 is 0. The molecule has 1 aromatic rings. The quantitative estimate of drug-likeness (QED) is 0.846. The van der Waals surface area contributed by atoms with Gasteiger partial charge in [0, 0.05) is 17.8 Å². The first-order chi connectivity index (χ1) is 10.1. The molecule has 1 aliphatic rings. The van der Waals surface area contributed by atoms with E-state index in [0.29, 0.717) is 18.9 Å². The van der Waals surface area contributed by atoms with E-state index in [-0.39, 0.29) is 11.9 Å². The highest BCUT2D eigenvalue weighted by Gasteiger charge is 2.20. The van der Waals surface area contributed by atoms with E-state index in [1.54, 1.807) is 11.3 Å². The van der Waals surface area contributed by atoms with Crippen molar-refractivity contribution < 1.29 is 4.79 Å². The average molecular weight is 309 g/mol. The van der Waals surface area contributed by atoms with Crippen molar-refractivity contribution in [1.82, 2.24) is 15.5 Å². The number of carbonyl (C=O) groups is 1. The average Bonchev–Trinajstić information content (AvgIpc) is 2.86. The van der Waals surface area contributed by atoms with E-state index < -0.39 is 0 Å². The zero-order chi connectivity index (χ0) is 15.2. The van der Waals surface area contributed by atoms with E-state index in [4.69, 9.17) is 0 Å². The summed E-state index contributed by atoms with van der Waals surface area (Å²) >= 11 is 1.77. The molecule has 1 aliphatic heterocycles. The lowest BCUT2D eigenvalue weighted by atomic mass is 9.94. The van der Waals surface area contributed by atoms with Gasteiger partial charge in [0.05, 0.1) is 6.04 Å². The number of piperidine rings is 1. The zero-order valence-electron chi connectivity index (χ0n) is 13.3. The van der Waals surface area contributed by atoms with E-state index in [2.05, 4.69) is 48.0 Å². The molecule has 0 radical (unpaired) electrons. The van der Waals surface area contributed by atoms with Crippen LogP contribution in [0, 0.1) is 12.8 Å². The second-order valence-electron chi connectivity index (χ2n) is 6.15. The Bertz CT molecular complexity index is 452. The first kappa shape index (κ1) is 16.5. The number of carbonyl (C=O) groups excluding carboxylic acids is 1. The van der Waals surface area contributed by atoms with Gasteiger partial charge in [-0.1, -0.05) is 0 Å². The van der Waals surface area contributed by atoms with Crippen molar-refractivity contribution in [2.24, 2.45) is 5.92 Å². The van der Waals surface area contributed by atoms with Gasteiger partial charge in [-0.3, -0.25) is 4.79 Å². The van der Waals surface area contributed by atoms with Crippen LogP contribution in [0.25, 0.3) is 0 Å². The molecule has 118 valence electrons. The maximum absolute atomic E-state index is 12.1. The van der Waals surface area contributed by atoms with Crippen molar-refractivity contribution in [2.75, 3.05) is 33.7 Å². The van der Waals surface area contributed by atoms with E-state index >= 15 is 0 Å². The molecule has 2 heterocycles. The predicted octanol–water partition coefficient (Wildman–Crippen LogP) is 2.17. The fourth-order valence-corrected chi connectivity index (χ4v) is 3.99. The summed E-state index contributed by atoms with van der Waals surface area (Å²) in [7, 11) is 4.14. The largest absolute Gasteiger partial charge is 0.354 e. The molecule has 0 saturated carbocycles. The number of amides is 1. The molecule has 0 aliphatic carbocycles. The van der Waals surface area contributed by atoms with Gasteiger partial charge < -0.3 is 15.5 Å². The number of rotatable bonds is 6. The third-order valence-electron chi connectivity index (χ3n) is 4.25. The van der Waals surface area contributed by atoms with Gasteiger partial charge in [-0.05, 0) is 69.9 Å². The van der Waals surface area contributed by atoms with Crippen LogP contribution in [0.4, 0.5) is 0 Å². The second-order valence-corrected chi connectivity index (χ2v) is 7.10. The number of hydrogen-bond acceptors (Lipinski definition) is 4. The number of aryl methyl sites for hydroxylation is 1. The van der Waals surface area contributed by atoms with Gasteiger partial charge in [0.2, 0.25) is 5.91 Å². The Balaban J connectivity index is 1.84. The maximum atomic E-state index is 12.1. The van der Waals surface area contributed by atoms with Crippen molar-refractivity contribution in [3.63, 3.8) is 0 Å². The molecule has 1 atom stereocenters.